The molecule has 0 amide bonds. The smallest absolute Gasteiger partial charge is 0.406 e. The van der Waals surface area contributed by atoms with E-state index in [9.17, 15) is 21.6 Å². The van der Waals surface area contributed by atoms with Crippen LogP contribution < -0.4 is 9.46 Å². The first-order valence-electron chi connectivity index (χ1n) is 11.8. The molecule has 3 aromatic carbocycles. The summed E-state index contributed by atoms with van der Waals surface area (Å²) in [7, 11) is -3.95. The molecule has 1 saturated heterocycles. The SMILES string of the molecule is O=S(=O)(N[C@@H]1CCO[C@@H](C2c3ccccc3CCc3ccccc32)C1)c1ccc(OC(F)(F)F)cc1. The van der Waals surface area contributed by atoms with Crippen LogP contribution in [0.1, 0.15) is 41.0 Å². The molecule has 0 bridgehead atoms. The summed E-state index contributed by atoms with van der Waals surface area (Å²) in [5, 5.41) is 0. The van der Waals surface area contributed by atoms with Gasteiger partial charge in [-0.05, 0) is 72.2 Å². The number of benzene rings is 3. The Morgan fingerprint density at radius 3 is 2.03 bits per heavy atom. The summed E-state index contributed by atoms with van der Waals surface area (Å²) in [5.41, 5.74) is 4.95. The fourth-order valence-corrected chi connectivity index (χ4v) is 6.53. The fraction of sp³-hybridized carbons (Fsp3) is 0.333. The summed E-state index contributed by atoms with van der Waals surface area (Å²) in [6, 6.07) is 20.5. The maximum atomic E-state index is 13.0. The topological polar surface area (TPSA) is 64.6 Å². The van der Waals surface area contributed by atoms with Crippen molar-refractivity contribution in [2.24, 2.45) is 0 Å². The van der Waals surface area contributed by atoms with E-state index < -0.39 is 22.1 Å². The molecule has 0 aromatic heterocycles. The number of rotatable bonds is 5. The van der Waals surface area contributed by atoms with Gasteiger partial charge in [0, 0.05) is 18.6 Å². The van der Waals surface area contributed by atoms with E-state index in [-0.39, 0.29) is 23.0 Å². The molecule has 190 valence electrons. The van der Waals surface area contributed by atoms with Gasteiger partial charge in [-0.3, -0.25) is 0 Å². The lowest BCUT2D eigenvalue weighted by Gasteiger charge is -2.36. The van der Waals surface area contributed by atoms with Gasteiger partial charge in [-0.1, -0.05) is 48.5 Å². The second-order valence-corrected chi connectivity index (χ2v) is 10.9. The van der Waals surface area contributed by atoms with Crippen molar-refractivity contribution in [2.45, 2.75) is 55.0 Å². The molecule has 0 saturated carbocycles. The molecule has 0 spiro atoms. The second kappa shape index (κ2) is 9.88. The highest BCUT2D eigenvalue weighted by molar-refractivity contribution is 7.89. The van der Waals surface area contributed by atoms with Crippen molar-refractivity contribution in [3.63, 3.8) is 0 Å². The molecule has 5 rings (SSSR count). The van der Waals surface area contributed by atoms with Crippen molar-refractivity contribution < 1.29 is 31.1 Å². The summed E-state index contributed by atoms with van der Waals surface area (Å²) in [6.45, 7) is 0.400. The molecule has 36 heavy (non-hydrogen) atoms. The predicted molar refractivity (Wildman–Crippen MR) is 128 cm³/mol. The number of fused-ring (bicyclic) bond motifs is 2. The second-order valence-electron chi connectivity index (χ2n) is 9.15. The number of halogens is 3. The highest BCUT2D eigenvalue weighted by atomic mass is 32.2. The van der Waals surface area contributed by atoms with E-state index in [4.69, 9.17) is 4.74 Å². The molecule has 1 N–H and O–H groups in total. The van der Waals surface area contributed by atoms with Crippen LogP contribution in [0.3, 0.4) is 0 Å². The third-order valence-corrected chi connectivity index (χ3v) is 8.36. The standard InChI is InChI=1S/C27H26F3NO4S/c28-27(29,30)35-21-11-13-22(14-12-21)36(32,33)31-20-15-16-34-25(17-20)26-23-7-3-1-5-18(23)9-10-19-6-2-4-8-24(19)26/h1-8,11-14,20,25-26,31H,9-10,15-17H2/t20-,25-/m1/s1. The molecule has 1 aliphatic heterocycles. The van der Waals surface area contributed by atoms with Gasteiger partial charge in [0.05, 0.1) is 11.0 Å². The Labute approximate surface area is 208 Å². The maximum Gasteiger partial charge on any atom is 0.573 e. The molecular formula is C27H26F3NO4S. The predicted octanol–water partition coefficient (Wildman–Crippen LogP) is 5.34. The van der Waals surface area contributed by atoms with E-state index in [1.807, 2.05) is 24.3 Å². The first-order chi connectivity index (χ1) is 17.2. The molecule has 5 nitrogen and oxygen atoms in total. The number of hydrogen-bond acceptors (Lipinski definition) is 4. The third kappa shape index (κ3) is 5.43. The summed E-state index contributed by atoms with van der Waals surface area (Å²) in [5.74, 6) is -0.496. The third-order valence-electron chi connectivity index (χ3n) is 6.82. The van der Waals surface area contributed by atoms with Crippen LogP contribution in [0, 0.1) is 0 Å². The molecule has 2 aliphatic rings. The number of alkyl halides is 3. The van der Waals surface area contributed by atoms with Crippen LogP contribution in [-0.4, -0.2) is 33.5 Å². The van der Waals surface area contributed by atoms with E-state index in [0.717, 1.165) is 37.1 Å². The van der Waals surface area contributed by atoms with Gasteiger partial charge in [0.1, 0.15) is 5.75 Å². The van der Waals surface area contributed by atoms with Crippen LogP contribution in [0.4, 0.5) is 13.2 Å². The molecular weight excluding hydrogens is 491 g/mol. The van der Waals surface area contributed by atoms with Crippen molar-refractivity contribution in [1.29, 1.82) is 0 Å². The van der Waals surface area contributed by atoms with Crippen LogP contribution in [0.25, 0.3) is 0 Å². The van der Waals surface area contributed by atoms with E-state index in [2.05, 4.69) is 33.7 Å². The van der Waals surface area contributed by atoms with Crippen molar-refractivity contribution in [3.05, 3.63) is 95.1 Å². The average Bonchev–Trinajstić information content (AvgIpc) is 3.00. The van der Waals surface area contributed by atoms with Crippen LogP contribution in [-0.2, 0) is 27.6 Å². The minimum atomic E-state index is -4.84. The van der Waals surface area contributed by atoms with Crippen LogP contribution in [0.5, 0.6) is 5.75 Å². The zero-order valence-corrected chi connectivity index (χ0v) is 20.2. The van der Waals surface area contributed by atoms with Gasteiger partial charge >= 0.3 is 6.36 Å². The summed E-state index contributed by atoms with van der Waals surface area (Å²) in [6.07, 6.45) is -2.23. The molecule has 9 heteroatoms. The van der Waals surface area contributed by atoms with E-state index in [1.165, 1.54) is 22.3 Å². The minimum Gasteiger partial charge on any atom is -0.406 e. The highest BCUT2D eigenvalue weighted by Crippen LogP contribution is 2.40. The molecule has 1 fully saturated rings. The minimum absolute atomic E-state index is 0.0222. The van der Waals surface area contributed by atoms with Gasteiger partial charge in [0.2, 0.25) is 10.0 Å². The molecule has 3 aromatic rings. The Balaban J connectivity index is 1.37. The molecule has 1 aliphatic carbocycles. The lowest BCUT2D eigenvalue weighted by Crippen LogP contribution is -2.44. The van der Waals surface area contributed by atoms with Crippen LogP contribution in [0.15, 0.2) is 77.7 Å². The van der Waals surface area contributed by atoms with Crippen molar-refractivity contribution >= 4 is 10.0 Å². The largest absolute Gasteiger partial charge is 0.573 e. The lowest BCUT2D eigenvalue weighted by molar-refractivity contribution is -0.274. The van der Waals surface area contributed by atoms with Gasteiger partial charge in [-0.2, -0.15) is 0 Å². The van der Waals surface area contributed by atoms with Crippen LogP contribution >= 0.6 is 0 Å². The summed E-state index contributed by atoms with van der Waals surface area (Å²) >= 11 is 0. The zero-order valence-electron chi connectivity index (χ0n) is 19.4. The quantitative estimate of drug-likeness (QED) is 0.496. The number of nitrogens with one attached hydrogen (secondary N) is 1. The first kappa shape index (κ1) is 24.8. The van der Waals surface area contributed by atoms with Crippen molar-refractivity contribution in [3.8, 4) is 5.75 Å². The summed E-state index contributed by atoms with van der Waals surface area (Å²) < 4.78 is 76.1. The lowest BCUT2D eigenvalue weighted by atomic mass is 9.80. The number of hydrogen-bond donors (Lipinski definition) is 1. The van der Waals surface area contributed by atoms with E-state index in [1.54, 1.807) is 0 Å². The molecule has 2 atom stereocenters. The number of sulfonamides is 1. The van der Waals surface area contributed by atoms with E-state index >= 15 is 0 Å². The van der Waals surface area contributed by atoms with Gasteiger partial charge in [-0.25, -0.2) is 13.1 Å². The molecule has 0 unspecified atom stereocenters. The zero-order chi connectivity index (χ0) is 25.3. The monoisotopic (exact) mass is 517 g/mol. The Kier molecular flexibility index (Phi) is 6.80. The Morgan fingerprint density at radius 1 is 0.861 bits per heavy atom. The van der Waals surface area contributed by atoms with Gasteiger partial charge < -0.3 is 9.47 Å². The Hall–Kier alpha value is -2.88. The number of aryl methyl sites for hydroxylation is 2. The maximum absolute atomic E-state index is 13.0. The molecule has 0 radical (unpaired) electrons. The number of ether oxygens (including phenoxy) is 2. The normalized spacial score (nSPS) is 20.8. The average molecular weight is 518 g/mol. The van der Waals surface area contributed by atoms with Crippen molar-refractivity contribution in [1.82, 2.24) is 4.72 Å². The molecule has 1 heterocycles. The van der Waals surface area contributed by atoms with Crippen molar-refractivity contribution in [2.75, 3.05) is 6.61 Å². The van der Waals surface area contributed by atoms with Gasteiger partial charge in [0.15, 0.2) is 0 Å². The Morgan fingerprint density at radius 2 is 1.44 bits per heavy atom. The fourth-order valence-electron chi connectivity index (χ4n) is 5.24. The van der Waals surface area contributed by atoms with E-state index in [0.29, 0.717) is 19.4 Å². The highest BCUT2D eigenvalue weighted by Gasteiger charge is 2.36. The Bertz CT molecular complexity index is 1280. The first-order valence-corrected chi connectivity index (χ1v) is 13.3. The van der Waals surface area contributed by atoms with Gasteiger partial charge in [-0.15, -0.1) is 13.2 Å². The van der Waals surface area contributed by atoms with Gasteiger partial charge in [0.25, 0.3) is 0 Å². The summed E-state index contributed by atoms with van der Waals surface area (Å²) in [4.78, 5) is -0.120. The van der Waals surface area contributed by atoms with Crippen LogP contribution in [0.2, 0.25) is 0 Å².